The molecule has 1 aliphatic heterocycles. The number of piperidine rings is 1. The number of rotatable bonds is 1. The summed E-state index contributed by atoms with van der Waals surface area (Å²) in [5.41, 5.74) is 5.13. The Hall–Kier alpha value is -1.34. The van der Waals surface area contributed by atoms with Gasteiger partial charge in [0.2, 0.25) is 0 Å². The van der Waals surface area contributed by atoms with Gasteiger partial charge in [0.15, 0.2) is 0 Å². The third-order valence-electron chi connectivity index (χ3n) is 4.21. The molecule has 1 fully saturated rings. The fraction of sp³-hybridized carbons (Fsp3) is 0.600. The minimum atomic E-state index is -4.51. The quantitative estimate of drug-likeness (QED) is 0.846. The lowest BCUT2D eigenvalue weighted by Crippen LogP contribution is -2.54. The zero-order valence-electron chi connectivity index (χ0n) is 13.3. The Morgan fingerprint density at radius 2 is 2.00 bits per heavy atom. The van der Waals surface area contributed by atoms with Gasteiger partial charge in [0.25, 0.3) is 5.91 Å². The van der Waals surface area contributed by atoms with Crippen LogP contribution >= 0.6 is 12.4 Å². The highest BCUT2D eigenvalue weighted by atomic mass is 35.5. The molecule has 0 spiro atoms. The van der Waals surface area contributed by atoms with Crippen molar-refractivity contribution < 1.29 is 18.0 Å². The number of nitrogens with zero attached hydrogens (tertiary/aromatic N) is 2. The smallest absolute Gasteiger partial charge is 0.338 e. The van der Waals surface area contributed by atoms with E-state index in [0.717, 1.165) is 6.07 Å². The van der Waals surface area contributed by atoms with Crippen molar-refractivity contribution in [3.8, 4) is 0 Å². The maximum Gasteiger partial charge on any atom is 0.433 e. The standard InChI is InChI=1S/C15H20F3N3O.ClH/c1-9-10(4-5-12(20-9)15(16,17)18)13(22)21-7-6-11(19)14(2,3)8-21;/h4-5,11H,6-8,19H2,1-3H3;1H. The highest BCUT2D eigenvalue weighted by molar-refractivity contribution is 5.95. The molecule has 0 saturated carbocycles. The van der Waals surface area contributed by atoms with Gasteiger partial charge in [0, 0.05) is 19.1 Å². The predicted octanol–water partition coefficient (Wildman–Crippen LogP) is 3.03. The zero-order valence-corrected chi connectivity index (χ0v) is 14.1. The summed E-state index contributed by atoms with van der Waals surface area (Å²) in [7, 11) is 0. The molecule has 1 unspecified atom stereocenters. The maximum atomic E-state index is 12.6. The van der Waals surface area contributed by atoms with Crippen LogP contribution in [-0.2, 0) is 6.18 Å². The highest BCUT2D eigenvalue weighted by Gasteiger charge is 2.37. The van der Waals surface area contributed by atoms with Crippen LogP contribution in [-0.4, -0.2) is 34.9 Å². The van der Waals surface area contributed by atoms with Crippen LogP contribution < -0.4 is 5.73 Å². The predicted molar refractivity (Wildman–Crippen MR) is 83.5 cm³/mol. The van der Waals surface area contributed by atoms with Gasteiger partial charge < -0.3 is 10.6 Å². The molecule has 1 aromatic heterocycles. The second-order valence-corrected chi connectivity index (χ2v) is 6.44. The summed E-state index contributed by atoms with van der Waals surface area (Å²) in [4.78, 5) is 17.7. The highest BCUT2D eigenvalue weighted by Crippen LogP contribution is 2.30. The van der Waals surface area contributed by atoms with Gasteiger partial charge in [-0.15, -0.1) is 12.4 Å². The van der Waals surface area contributed by atoms with Gasteiger partial charge in [-0.1, -0.05) is 13.8 Å². The molecule has 4 nitrogen and oxygen atoms in total. The third kappa shape index (κ3) is 4.14. The van der Waals surface area contributed by atoms with Crippen molar-refractivity contribution in [3.63, 3.8) is 0 Å². The van der Waals surface area contributed by atoms with Crippen LogP contribution in [0.3, 0.4) is 0 Å². The first kappa shape index (κ1) is 19.7. The van der Waals surface area contributed by atoms with E-state index in [4.69, 9.17) is 5.73 Å². The fourth-order valence-corrected chi connectivity index (χ4v) is 2.66. The lowest BCUT2D eigenvalue weighted by Gasteiger charge is -2.42. The van der Waals surface area contributed by atoms with Crippen LogP contribution in [0.2, 0.25) is 0 Å². The zero-order chi connectivity index (χ0) is 16.7. The molecule has 0 bridgehead atoms. The van der Waals surface area contributed by atoms with E-state index in [2.05, 4.69) is 4.98 Å². The first-order chi connectivity index (χ1) is 10.0. The molecule has 0 aromatic carbocycles. The monoisotopic (exact) mass is 351 g/mol. The van der Waals surface area contributed by atoms with E-state index in [9.17, 15) is 18.0 Å². The molecule has 130 valence electrons. The first-order valence-electron chi connectivity index (χ1n) is 7.12. The number of hydrogen-bond acceptors (Lipinski definition) is 3. The van der Waals surface area contributed by atoms with E-state index in [1.807, 2.05) is 13.8 Å². The van der Waals surface area contributed by atoms with E-state index < -0.39 is 11.9 Å². The van der Waals surface area contributed by atoms with Gasteiger partial charge in [-0.05, 0) is 30.9 Å². The minimum absolute atomic E-state index is 0. The van der Waals surface area contributed by atoms with Crippen LogP contribution in [0.1, 0.15) is 42.0 Å². The normalized spacial score (nSPS) is 20.8. The Morgan fingerprint density at radius 3 is 2.48 bits per heavy atom. The number of nitrogens with two attached hydrogens (primary N) is 1. The van der Waals surface area contributed by atoms with Crippen molar-refractivity contribution in [2.75, 3.05) is 13.1 Å². The number of aryl methyl sites for hydroxylation is 1. The summed E-state index contributed by atoms with van der Waals surface area (Å²) in [6.07, 6.45) is -3.84. The number of alkyl halides is 3. The molecule has 1 amide bonds. The second-order valence-electron chi connectivity index (χ2n) is 6.44. The maximum absolute atomic E-state index is 12.6. The lowest BCUT2D eigenvalue weighted by molar-refractivity contribution is -0.141. The summed E-state index contributed by atoms with van der Waals surface area (Å²) in [5, 5.41) is 0. The summed E-state index contributed by atoms with van der Waals surface area (Å²) < 4.78 is 37.9. The van der Waals surface area contributed by atoms with Crippen molar-refractivity contribution in [1.82, 2.24) is 9.88 Å². The van der Waals surface area contributed by atoms with Crippen molar-refractivity contribution in [2.45, 2.75) is 39.4 Å². The molecular formula is C15H21ClF3N3O. The van der Waals surface area contributed by atoms with Crippen LogP contribution in [0, 0.1) is 12.3 Å². The van der Waals surface area contributed by atoms with Gasteiger partial charge in [-0.2, -0.15) is 13.2 Å². The summed E-state index contributed by atoms with van der Waals surface area (Å²) in [6, 6.07) is 2.05. The molecule has 8 heteroatoms. The van der Waals surface area contributed by atoms with Crippen LogP contribution in [0.15, 0.2) is 12.1 Å². The molecule has 23 heavy (non-hydrogen) atoms. The Kier molecular flexibility index (Phi) is 5.70. The van der Waals surface area contributed by atoms with E-state index >= 15 is 0 Å². The van der Waals surface area contributed by atoms with Gasteiger partial charge in [0.1, 0.15) is 5.69 Å². The third-order valence-corrected chi connectivity index (χ3v) is 4.21. The van der Waals surface area contributed by atoms with Gasteiger partial charge >= 0.3 is 6.18 Å². The molecule has 0 radical (unpaired) electrons. The number of hydrogen-bond donors (Lipinski definition) is 1. The number of carbonyl (C=O) groups is 1. The van der Waals surface area contributed by atoms with Crippen LogP contribution in [0.4, 0.5) is 13.2 Å². The average Bonchev–Trinajstić information content (AvgIpc) is 2.40. The van der Waals surface area contributed by atoms with Gasteiger partial charge in [0.05, 0.1) is 11.3 Å². The van der Waals surface area contributed by atoms with Crippen molar-refractivity contribution in [1.29, 1.82) is 0 Å². The average molecular weight is 352 g/mol. The molecule has 0 aliphatic carbocycles. The topological polar surface area (TPSA) is 59.2 Å². The Bertz CT molecular complexity index is 590. The number of halogens is 4. The summed E-state index contributed by atoms with van der Waals surface area (Å²) in [6.45, 7) is 6.37. The van der Waals surface area contributed by atoms with E-state index in [1.54, 1.807) is 4.90 Å². The van der Waals surface area contributed by atoms with Crippen molar-refractivity contribution in [2.24, 2.45) is 11.1 Å². The second kappa shape index (κ2) is 6.65. The molecule has 1 aromatic rings. The number of aromatic nitrogens is 1. The molecule has 2 N–H and O–H groups in total. The molecule has 1 atom stereocenters. The lowest BCUT2D eigenvalue weighted by atomic mass is 9.79. The van der Waals surface area contributed by atoms with Gasteiger partial charge in [-0.25, -0.2) is 4.98 Å². The van der Waals surface area contributed by atoms with E-state index in [-0.39, 0.29) is 41.0 Å². The molecule has 2 rings (SSSR count). The summed E-state index contributed by atoms with van der Waals surface area (Å²) >= 11 is 0. The van der Waals surface area contributed by atoms with Crippen molar-refractivity contribution in [3.05, 3.63) is 29.1 Å². The first-order valence-corrected chi connectivity index (χ1v) is 7.12. The van der Waals surface area contributed by atoms with E-state index in [0.29, 0.717) is 19.5 Å². The molecule has 2 heterocycles. The molecule has 1 aliphatic rings. The van der Waals surface area contributed by atoms with Crippen LogP contribution in [0.5, 0.6) is 0 Å². The van der Waals surface area contributed by atoms with Gasteiger partial charge in [-0.3, -0.25) is 4.79 Å². The number of amides is 1. The summed E-state index contributed by atoms with van der Waals surface area (Å²) in [5.74, 6) is -0.293. The largest absolute Gasteiger partial charge is 0.433 e. The SMILES string of the molecule is Cc1nc(C(F)(F)F)ccc1C(=O)N1CCC(N)C(C)(C)C1.Cl. The van der Waals surface area contributed by atoms with Crippen LogP contribution in [0.25, 0.3) is 0 Å². The van der Waals surface area contributed by atoms with Crippen molar-refractivity contribution >= 4 is 18.3 Å². The Balaban J connectivity index is 0.00000264. The Labute approximate surface area is 139 Å². The van der Waals surface area contributed by atoms with E-state index in [1.165, 1.54) is 13.0 Å². The molecule has 1 saturated heterocycles. The number of likely N-dealkylation sites (tertiary alicyclic amines) is 1. The Morgan fingerprint density at radius 1 is 1.39 bits per heavy atom. The minimum Gasteiger partial charge on any atom is -0.338 e. The molecular weight excluding hydrogens is 331 g/mol. The fourth-order valence-electron chi connectivity index (χ4n) is 2.66. The number of carbonyl (C=O) groups excluding carboxylic acids is 1. The number of pyridine rings is 1.